The lowest BCUT2D eigenvalue weighted by Gasteiger charge is -2.35. The lowest BCUT2D eigenvalue weighted by Crippen LogP contribution is -2.57. The van der Waals surface area contributed by atoms with Gasteiger partial charge in [-0.25, -0.2) is 0 Å². The van der Waals surface area contributed by atoms with Crippen LogP contribution in [0.4, 0.5) is 0 Å². The first-order chi connectivity index (χ1) is 9.95. The van der Waals surface area contributed by atoms with Gasteiger partial charge in [-0.2, -0.15) is 0 Å². The number of hydrogen-bond donors (Lipinski definition) is 1. The van der Waals surface area contributed by atoms with Crippen molar-refractivity contribution in [2.45, 2.75) is 53.5 Å². The second kappa shape index (κ2) is 6.67. The molecule has 1 fully saturated rings. The van der Waals surface area contributed by atoms with Crippen LogP contribution in [0.15, 0.2) is 0 Å². The van der Waals surface area contributed by atoms with Gasteiger partial charge in [0.25, 0.3) is 0 Å². The molecule has 1 saturated heterocycles. The third kappa shape index (κ3) is 5.31. The Balaban J connectivity index is 2.59. The van der Waals surface area contributed by atoms with E-state index in [1.54, 1.807) is 0 Å². The second-order valence-electron chi connectivity index (χ2n) is 7.78. The van der Waals surface area contributed by atoms with Crippen molar-refractivity contribution in [1.29, 1.82) is 0 Å². The number of nitrogens with one attached hydrogen (secondary N) is 1. The van der Waals surface area contributed by atoms with Crippen LogP contribution in [0.1, 0.15) is 48.0 Å². The molecule has 6 heteroatoms. The zero-order chi connectivity index (χ0) is 17.1. The molecule has 3 amide bonds. The predicted molar refractivity (Wildman–Crippen MR) is 85.1 cm³/mol. The van der Waals surface area contributed by atoms with Crippen molar-refractivity contribution in [2.24, 2.45) is 5.41 Å². The Morgan fingerprint density at radius 3 is 2.05 bits per heavy atom. The van der Waals surface area contributed by atoms with Crippen LogP contribution in [0.3, 0.4) is 0 Å². The van der Waals surface area contributed by atoms with E-state index in [2.05, 4.69) is 26.1 Å². The van der Waals surface area contributed by atoms with Gasteiger partial charge in [0.2, 0.25) is 5.91 Å². The van der Waals surface area contributed by atoms with Crippen molar-refractivity contribution in [3.63, 3.8) is 0 Å². The van der Waals surface area contributed by atoms with Crippen molar-refractivity contribution < 1.29 is 14.4 Å². The number of amides is 3. The van der Waals surface area contributed by atoms with E-state index in [0.717, 1.165) is 6.42 Å². The maximum atomic E-state index is 12.2. The molecule has 1 heterocycles. The summed E-state index contributed by atoms with van der Waals surface area (Å²) in [7, 11) is 0. The van der Waals surface area contributed by atoms with Gasteiger partial charge in [-0.15, -0.1) is 0 Å². The molecule has 0 aromatic carbocycles. The molecule has 1 rings (SSSR count). The molecular formula is C16H29N3O3. The van der Waals surface area contributed by atoms with Gasteiger partial charge in [0.1, 0.15) is 6.54 Å². The van der Waals surface area contributed by atoms with Gasteiger partial charge in [0.15, 0.2) is 0 Å². The number of rotatable bonds is 5. The zero-order valence-electron chi connectivity index (χ0n) is 14.7. The van der Waals surface area contributed by atoms with E-state index in [1.165, 1.54) is 9.80 Å². The topological polar surface area (TPSA) is 69.7 Å². The first kappa shape index (κ1) is 18.5. The van der Waals surface area contributed by atoms with Gasteiger partial charge < -0.3 is 15.1 Å². The van der Waals surface area contributed by atoms with Crippen LogP contribution in [0.5, 0.6) is 0 Å². The highest BCUT2D eigenvalue weighted by molar-refractivity contribution is 6.35. The van der Waals surface area contributed by atoms with Gasteiger partial charge in [-0.05, 0) is 32.6 Å². The van der Waals surface area contributed by atoms with Crippen LogP contribution in [-0.2, 0) is 14.4 Å². The molecule has 0 bridgehead atoms. The van der Waals surface area contributed by atoms with Crippen LogP contribution in [0.2, 0.25) is 0 Å². The quantitative estimate of drug-likeness (QED) is 0.770. The SMILES string of the molecule is CCN1CCN(CC(=O)NC(C)(C)CC(C)(C)C)C(=O)C1=O. The first-order valence-electron chi connectivity index (χ1n) is 7.84. The maximum absolute atomic E-state index is 12.2. The fourth-order valence-corrected chi connectivity index (χ4v) is 3.13. The molecule has 0 saturated carbocycles. The average molecular weight is 311 g/mol. The highest BCUT2D eigenvalue weighted by Crippen LogP contribution is 2.26. The molecule has 22 heavy (non-hydrogen) atoms. The van der Waals surface area contributed by atoms with Gasteiger partial charge >= 0.3 is 11.8 Å². The van der Waals surface area contributed by atoms with Crippen LogP contribution < -0.4 is 5.32 Å². The molecular weight excluding hydrogens is 282 g/mol. The third-order valence-corrected chi connectivity index (χ3v) is 3.56. The summed E-state index contributed by atoms with van der Waals surface area (Å²) in [6, 6.07) is 0. The summed E-state index contributed by atoms with van der Waals surface area (Å²) in [6.07, 6.45) is 0.822. The van der Waals surface area contributed by atoms with E-state index in [1.807, 2.05) is 20.8 Å². The zero-order valence-corrected chi connectivity index (χ0v) is 14.7. The van der Waals surface area contributed by atoms with Crippen molar-refractivity contribution in [3.8, 4) is 0 Å². The Hall–Kier alpha value is -1.59. The molecule has 1 aliphatic rings. The summed E-state index contributed by atoms with van der Waals surface area (Å²) >= 11 is 0. The minimum atomic E-state index is -0.586. The molecule has 0 aromatic rings. The Kier molecular flexibility index (Phi) is 5.59. The monoisotopic (exact) mass is 311 g/mol. The van der Waals surface area contributed by atoms with E-state index in [-0.39, 0.29) is 23.4 Å². The van der Waals surface area contributed by atoms with E-state index < -0.39 is 11.8 Å². The van der Waals surface area contributed by atoms with Crippen LogP contribution >= 0.6 is 0 Å². The minimum Gasteiger partial charge on any atom is -0.350 e. The summed E-state index contributed by atoms with van der Waals surface area (Å²) < 4.78 is 0. The van der Waals surface area contributed by atoms with Crippen molar-refractivity contribution in [1.82, 2.24) is 15.1 Å². The summed E-state index contributed by atoms with van der Waals surface area (Å²) in [5.41, 5.74) is -0.261. The molecule has 0 atom stereocenters. The lowest BCUT2D eigenvalue weighted by atomic mass is 9.82. The summed E-state index contributed by atoms with van der Waals surface area (Å²) in [5.74, 6) is -1.33. The van der Waals surface area contributed by atoms with E-state index >= 15 is 0 Å². The van der Waals surface area contributed by atoms with Crippen molar-refractivity contribution in [3.05, 3.63) is 0 Å². The fraction of sp³-hybridized carbons (Fsp3) is 0.812. The van der Waals surface area contributed by atoms with Crippen molar-refractivity contribution in [2.75, 3.05) is 26.2 Å². The molecule has 1 N–H and O–H groups in total. The summed E-state index contributed by atoms with van der Waals surface area (Å²) in [4.78, 5) is 38.8. The highest BCUT2D eigenvalue weighted by Gasteiger charge is 2.34. The second-order valence-corrected chi connectivity index (χ2v) is 7.78. The van der Waals surface area contributed by atoms with Gasteiger partial charge in [-0.1, -0.05) is 20.8 Å². The number of piperazine rings is 1. The summed E-state index contributed by atoms with van der Waals surface area (Å²) in [5, 5.41) is 2.96. The Morgan fingerprint density at radius 2 is 1.55 bits per heavy atom. The predicted octanol–water partition coefficient (Wildman–Crippen LogP) is 1.01. The fourth-order valence-electron chi connectivity index (χ4n) is 3.13. The number of nitrogens with zero attached hydrogens (tertiary/aromatic N) is 2. The minimum absolute atomic E-state index is 0.0598. The van der Waals surface area contributed by atoms with Crippen molar-refractivity contribution >= 4 is 17.7 Å². The molecule has 0 spiro atoms. The standard InChI is InChI=1S/C16H29N3O3/c1-7-18-8-9-19(14(22)13(18)21)10-12(20)17-16(5,6)11-15(2,3)4/h7-11H2,1-6H3,(H,17,20). The first-order valence-corrected chi connectivity index (χ1v) is 7.84. The number of hydrogen-bond acceptors (Lipinski definition) is 3. The summed E-state index contributed by atoms with van der Waals surface area (Å²) in [6.45, 7) is 13.5. The van der Waals surface area contributed by atoms with Crippen LogP contribution in [0.25, 0.3) is 0 Å². The Morgan fingerprint density at radius 1 is 1.05 bits per heavy atom. The Labute approximate surface area is 133 Å². The largest absolute Gasteiger partial charge is 0.350 e. The molecule has 126 valence electrons. The van der Waals surface area contributed by atoms with Gasteiger partial charge in [0.05, 0.1) is 0 Å². The van der Waals surface area contributed by atoms with E-state index in [4.69, 9.17) is 0 Å². The molecule has 0 aliphatic carbocycles. The smallest absolute Gasteiger partial charge is 0.312 e. The average Bonchev–Trinajstić information content (AvgIpc) is 2.31. The lowest BCUT2D eigenvalue weighted by molar-refractivity contribution is -0.156. The number of carbonyl (C=O) groups excluding carboxylic acids is 3. The van der Waals surface area contributed by atoms with Crippen LogP contribution in [-0.4, -0.2) is 59.2 Å². The molecule has 6 nitrogen and oxygen atoms in total. The maximum Gasteiger partial charge on any atom is 0.312 e. The van der Waals surface area contributed by atoms with E-state index in [9.17, 15) is 14.4 Å². The Bertz CT molecular complexity index is 452. The number of carbonyl (C=O) groups is 3. The van der Waals surface area contributed by atoms with E-state index in [0.29, 0.717) is 19.6 Å². The van der Waals surface area contributed by atoms with Gasteiger partial charge in [0, 0.05) is 25.2 Å². The third-order valence-electron chi connectivity index (χ3n) is 3.56. The molecule has 0 aromatic heterocycles. The molecule has 1 aliphatic heterocycles. The normalized spacial score (nSPS) is 17.0. The van der Waals surface area contributed by atoms with Crippen LogP contribution in [0, 0.1) is 5.41 Å². The molecule has 0 radical (unpaired) electrons. The highest BCUT2D eigenvalue weighted by atomic mass is 16.2. The van der Waals surface area contributed by atoms with Gasteiger partial charge in [-0.3, -0.25) is 14.4 Å². The molecule has 0 unspecified atom stereocenters. The number of likely N-dealkylation sites (N-methyl/N-ethyl adjacent to an activating group) is 1.